The summed E-state index contributed by atoms with van der Waals surface area (Å²) in [6.45, 7) is 1.17. The zero-order valence-electron chi connectivity index (χ0n) is 16.8. The molecule has 2 N–H and O–H groups in total. The number of rotatable bonds is 8. The van der Waals surface area contributed by atoms with E-state index >= 15 is 0 Å². The van der Waals surface area contributed by atoms with Crippen LogP contribution in [0.5, 0.6) is 0 Å². The lowest BCUT2D eigenvalue weighted by Gasteiger charge is -2.21. The van der Waals surface area contributed by atoms with Gasteiger partial charge in [-0.3, -0.25) is 4.99 Å². The first kappa shape index (κ1) is 25.1. The lowest BCUT2D eigenvalue weighted by atomic mass is 9.86. The van der Waals surface area contributed by atoms with E-state index in [1.54, 1.807) is 7.05 Å². The van der Waals surface area contributed by atoms with E-state index in [4.69, 9.17) is 0 Å². The molecule has 0 aliphatic heterocycles. The second kappa shape index (κ2) is 12.6. The Hall–Kier alpha value is -0.900. The van der Waals surface area contributed by atoms with Crippen LogP contribution in [0, 0.1) is 11.7 Å². The van der Waals surface area contributed by atoms with Crippen LogP contribution < -0.4 is 10.6 Å². The lowest BCUT2D eigenvalue weighted by Crippen LogP contribution is -2.37. The normalized spacial score (nSPS) is 15.8. The molecular weight excluding hydrogens is 492 g/mol. The third-order valence-corrected chi connectivity index (χ3v) is 5.90. The highest BCUT2D eigenvalue weighted by Gasteiger charge is 2.13. The first-order valence-electron chi connectivity index (χ1n) is 9.77. The first-order chi connectivity index (χ1) is 12.9. The number of nitrogens with one attached hydrogen (secondary N) is 2. The number of hydrogen-bond donors (Lipinski definition) is 2. The monoisotopic (exact) mass is 525 g/mol. The standard InChI is InChI=1S/C20H32FN3O2S.HI/c1-22-20(23-12-6-9-16-7-4-3-5-8-16)24-14-18-13-19(21)11-10-17(18)15-27(2,25)26;/h10-11,13,16H,3-9,12,14-15H2,1-2H3,(H2,22,23,24);1H. The Labute approximate surface area is 185 Å². The SMILES string of the molecule is CN=C(NCCCC1CCCCC1)NCc1cc(F)ccc1CS(C)(=O)=O.I. The van der Waals surface area contributed by atoms with Gasteiger partial charge in [0.05, 0.1) is 5.75 Å². The van der Waals surface area contributed by atoms with E-state index in [0.29, 0.717) is 23.6 Å². The van der Waals surface area contributed by atoms with Crippen LogP contribution in [0.15, 0.2) is 23.2 Å². The second-order valence-corrected chi connectivity index (χ2v) is 9.62. The van der Waals surface area contributed by atoms with Gasteiger partial charge in [-0.25, -0.2) is 12.8 Å². The minimum absolute atomic E-state index is 0. The number of hydrogen-bond acceptors (Lipinski definition) is 3. The molecule has 0 saturated heterocycles. The minimum Gasteiger partial charge on any atom is -0.356 e. The Bertz CT molecular complexity index is 735. The quantitative estimate of drug-likeness (QED) is 0.233. The van der Waals surface area contributed by atoms with Crippen molar-refractivity contribution >= 4 is 39.8 Å². The zero-order valence-corrected chi connectivity index (χ0v) is 20.0. The molecule has 0 atom stereocenters. The molecule has 2 rings (SSSR count). The Morgan fingerprint density at radius 3 is 2.54 bits per heavy atom. The maximum atomic E-state index is 13.6. The third-order valence-electron chi connectivity index (χ3n) is 5.06. The van der Waals surface area contributed by atoms with Crippen LogP contribution in [0.4, 0.5) is 4.39 Å². The molecule has 0 amide bonds. The Balaban J connectivity index is 0.00000392. The van der Waals surface area contributed by atoms with Crippen molar-refractivity contribution in [2.45, 2.75) is 57.2 Å². The van der Waals surface area contributed by atoms with E-state index in [9.17, 15) is 12.8 Å². The molecule has 1 aromatic carbocycles. The van der Waals surface area contributed by atoms with Gasteiger partial charge in [-0.05, 0) is 42.0 Å². The summed E-state index contributed by atoms with van der Waals surface area (Å²) in [5.41, 5.74) is 1.24. The summed E-state index contributed by atoms with van der Waals surface area (Å²) in [4.78, 5) is 4.20. The van der Waals surface area contributed by atoms with E-state index in [-0.39, 0.29) is 35.5 Å². The summed E-state index contributed by atoms with van der Waals surface area (Å²) in [6.07, 6.45) is 10.4. The van der Waals surface area contributed by atoms with Crippen LogP contribution in [0.1, 0.15) is 56.1 Å². The molecule has 1 saturated carbocycles. The van der Waals surface area contributed by atoms with Gasteiger partial charge in [0.2, 0.25) is 0 Å². The maximum absolute atomic E-state index is 13.6. The molecule has 0 spiro atoms. The average molecular weight is 525 g/mol. The maximum Gasteiger partial charge on any atom is 0.191 e. The van der Waals surface area contributed by atoms with Gasteiger partial charge in [0, 0.05) is 26.4 Å². The molecule has 1 aliphatic carbocycles. The fourth-order valence-electron chi connectivity index (χ4n) is 3.66. The van der Waals surface area contributed by atoms with E-state index < -0.39 is 9.84 Å². The van der Waals surface area contributed by atoms with E-state index in [1.807, 2.05) is 0 Å². The second-order valence-electron chi connectivity index (χ2n) is 7.48. The van der Waals surface area contributed by atoms with Crippen molar-refractivity contribution in [3.8, 4) is 0 Å². The summed E-state index contributed by atoms with van der Waals surface area (Å²) in [7, 11) is -1.49. The van der Waals surface area contributed by atoms with Crippen LogP contribution in [-0.4, -0.2) is 34.2 Å². The molecular formula is C20H33FIN3O2S. The first-order valence-corrected chi connectivity index (χ1v) is 11.8. The lowest BCUT2D eigenvalue weighted by molar-refractivity contribution is 0.332. The Morgan fingerprint density at radius 1 is 1.18 bits per heavy atom. The van der Waals surface area contributed by atoms with Gasteiger partial charge in [0.25, 0.3) is 0 Å². The minimum atomic E-state index is -3.18. The Kier molecular flexibility index (Phi) is 11.3. The molecule has 0 bridgehead atoms. The van der Waals surface area contributed by atoms with Gasteiger partial charge in [-0.2, -0.15) is 0 Å². The van der Waals surface area contributed by atoms with Crippen molar-refractivity contribution < 1.29 is 12.8 Å². The molecule has 0 aromatic heterocycles. The fourth-order valence-corrected chi connectivity index (χ4v) is 4.50. The van der Waals surface area contributed by atoms with Gasteiger partial charge in [0.15, 0.2) is 15.8 Å². The fraction of sp³-hybridized carbons (Fsp3) is 0.650. The van der Waals surface area contributed by atoms with Gasteiger partial charge in [0.1, 0.15) is 5.82 Å². The molecule has 5 nitrogen and oxygen atoms in total. The predicted octanol–water partition coefficient (Wildman–Crippen LogP) is 4.01. The Morgan fingerprint density at radius 2 is 1.89 bits per heavy atom. The molecule has 28 heavy (non-hydrogen) atoms. The smallest absolute Gasteiger partial charge is 0.191 e. The van der Waals surface area contributed by atoms with Crippen LogP contribution in [0.2, 0.25) is 0 Å². The van der Waals surface area contributed by atoms with Crippen molar-refractivity contribution in [2.75, 3.05) is 19.8 Å². The molecule has 0 heterocycles. The van der Waals surface area contributed by atoms with Gasteiger partial charge in [-0.1, -0.05) is 38.2 Å². The van der Waals surface area contributed by atoms with Gasteiger partial charge in [-0.15, -0.1) is 24.0 Å². The molecule has 160 valence electrons. The molecule has 1 fully saturated rings. The summed E-state index contributed by atoms with van der Waals surface area (Å²) in [5.74, 6) is 1.03. The van der Waals surface area contributed by atoms with Crippen molar-refractivity contribution in [1.29, 1.82) is 0 Å². The van der Waals surface area contributed by atoms with E-state index in [2.05, 4.69) is 15.6 Å². The van der Waals surface area contributed by atoms with Crippen molar-refractivity contribution in [3.05, 3.63) is 35.1 Å². The molecule has 1 aromatic rings. The van der Waals surface area contributed by atoms with Crippen LogP contribution in [0.25, 0.3) is 0 Å². The highest BCUT2D eigenvalue weighted by molar-refractivity contribution is 14.0. The van der Waals surface area contributed by atoms with Crippen LogP contribution in [0.3, 0.4) is 0 Å². The van der Waals surface area contributed by atoms with Crippen LogP contribution >= 0.6 is 24.0 Å². The molecule has 0 radical (unpaired) electrons. The number of guanidine groups is 1. The zero-order chi connectivity index (χ0) is 19.7. The molecule has 1 aliphatic rings. The predicted molar refractivity (Wildman–Crippen MR) is 124 cm³/mol. The molecule has 8 heteroatoms. The van der Waals surface area contributed by atoms with Gasteiger partial charge >= 0.3 is 0 Å². The highest BCUT2D eigenvalue weighted by Crippen LogP contribution is 2.26. The number of aliphatic imine (C=N–C) groups is 1. The number of sulfone groups is 1. The largest absolute Gasteiger partial charge is 0.356 e. The van der Waals surface area contributed by atoms with E-state index in [0.717, 1.165) is 18.9 Å². The van der Waals surface area contributed by atoms with E-state index in [1.165, 1.54) is 63.0 Å². The topological polar surface area (TPSA) is 70.6 Å². The highest BCUT2D eigenvalue weighted by atomic mass is 127. The summed E-state index contributed by atoms with van der Waals surface area (Å²) in [6, 6.07) is 4.21. The average Bonchev–Trinajstić information content (AvgIpc) is 2.63. The van der Waals surface area contributed by atoms with Crippen LogP contribution in [-0.2, 0) is 22.1 Å². The van der Waals surface area contributed by atoms with Crippen molar-refractivity contribution in [3.63, 3.8) is 0 Å². The van der Waals surface area contributed by atoms with Crippen molar-refractivity contribution in [2.24, 2.45) is 10.9 Å². The number of benzene rings is 1. The summed E-state index contributed by atoms with van der Waals surface area (Å²) >= 11 is 0. The van der Waals surface area contributed by atoms with Gasteiger partial charge < -0.3 is 10.6 Å². The number of nitrogens with zero attached hydrogens (tertiary/aromatic N) is 1. The number of halogens is 2. The van der Waals surface area contributed by atoms with Crippen molar-refractivity contribution in [1.82, 2.24) is 10.6 Å². The summed E-state index contributed by atoms with van der Waals surface area (Å²) < 4.78 is 36.8. The third kappa shape index (κ3) is 9.54. The summed E-state index contributed by atoms with van der Waals surface area (Å²) in [5, 5.41) is 6.44. The molecule has 0 unspecified atom stereocenters.